The normalized spacial score (nSPS) is 10.8. The number of ether oxygens (including phenoxy) is 1. The molecule has 0 spiro atoms. The Hall–Kier alpha value is -2.69. The monoisotopic (exact) mass is 432 g/mol. The Bertz CT molecular complexity index is 969. The van der Waals surface area contributed by atoms with Crippen molar-refractivity contribution in [1.29, 1.82) is 0 Å². The van der Waals surface area contributed by atoms with Crippen LogP contribution in [0.4, 0.5) is 0 Å². The van der Waals surface area contributed by atoms with Gasteiger partial charge in [0.15, 0.2) is 0 Å². The Balaban J connectivity index is 1.49. The lowest BCUT2D eigenvalue weighted by Crippen LogP contribution is -2.22. The Morgan fingerprint density at radius 1 is 1.24 bits per heavy atom. The predicted molar refractivity (Wildman–Crippen MR) is 110 cm³/mol. The summed E-state index contributed by atoms with van der Waals surface area (Å²) in [6.45, 7) is 0.716. The number of carboxylic acid groups (broad SMARTS) is 1. The van der Waals surface area contributed by atoms with Gasteiger partial charge in [-0.15, -0.1) is 28.2 Å². The SMILES string of the molecule is CSc1ccc(CNC(=O)c2ccc(Cn3cc(COCC(=O)O)nn3)cc2)s1. The molecule has 152 valence electrons. The van der Waals surface area contributed by atoms with E-state index in [1.165, 1.54) is 4.21 Å². The molecule has 0 radical (unpaired) electrons. The van der Waals surface area contributed by atoms with Gasteiger partial charge in [-0.1, -0.05) is 17.3 Å². The van der Waals surface area contributed by atoms with Crippen LogP contribution in [0, 0.1) is 0 Å². The Kier molecular flexibility index (Phi) is 7.39. The zero-order valence-corrected chi connectivity index (χ0v) is 17.3. The van der Waals surface area contributed by atoms with Gasteiger partial charge in [0, 0.05) is 10.4 Å². The van der Waals surface area contributed by atoms with Crippen LogP contribution in [0.25, 0.3) is 0 Å². The molecule has 0 unspecified atom stereocenters. The summed E-state index contributed by atoms with van der Waals surface area (Å²) in [6.07, 6.45) is 3.73. The number of aromatic nitrogens is 3. The van der Waals surface area contributed by atoms with Crippen molar-refractivity contribution < 1.29 is 19.4 Å². The maximum absolute atomic E-state index is 12.3. The largest absolute Gasteiger partial charge is 0.480 e. The van der Waals surface area contributed by atoms with E-state index in [4.69, 9.17) is 9.84 Å². The van der Waals surface area contributed by atoms with E-state index in [2.05, 4.69) is 21.7 Å². The van der Waals surface area contributed by atoms with E-state index >= 15 is 0 Å². The minimum atomic E-state index is -1.03. The summed E-state index contributed by atoms with van der Waals surface area (Å²) < 4.78 is 7.85. The average Bonchev–Trinajstić information content (AvgIpc) is 3.36. The lowest BCUT2D eigenvalue weighted by Gasteiger charge is -2.05. The van der Waals surface area contributed by atoms with Gasteiger partial charge in [-0.2, -0.15) is 0 Å². The van der Waals surface area contributed by atoms with Crippen molar-refractivity contribution in [3.63, 3.8) is 0 Å². The molecule has 1 aromatic carbocycles. The van der Waals surface area contributed by atoms with Crippen LogP contribution in [0.15, 0.2) is 46.8 Å². The van der Waals surface area contributed by atoms with Gasteiger partial charge in [0.05, 0.1) is 30.1 Å². The topological polar surface area (TPSA) is 106 Å². The van der Waals surface area contributed by atoms with E-state index in [1.54, 1.807) is 46.1 Å². The van der Waals surface area contributed by atoms with E-state index < -0.39 is 5.97 Å². The van der Waals surface area contributed by atoms with Crippen LogP contribution in [-0.4, -0.2) is 44.8 Å². The molecule has 8 nitrogen and oxygen atoms in total. The number of carboxylic acids is 1. The van der Waals surface area contributed by atoms with Crippen LogP contribution in [0.1, 0.15) is 26.5 Å². The summed E-state index contributed by atoms with van der Waals surface area (Å²) in [4.78, 5) is 23.9. The van der Waals surface area contributed by atoms with Gasteiger partial charge in [-0.05, 0) is 36.1 Å². The van der Waals surface area contributed by atoms with Crippen molar-refractivity contribution in [3.05, 3.63) is 64.3 Å². The number of hydrogen-bond acceptors (Lipinski definition) is 7. The zero-order valence-electron chi connectivity index (χ0n) is 15.7. The number of carbonyl (C=O) groups is 2. The van der Waals surface area contributed by atoms with E-state index in [0.29, 0.717) is 24.3 Å². The van der Waals surface area contributed by atoms with Crippen molar-refractivity contribution in [3.8, 4) is 0 Å². The fourth-order valence-electron chi connectivity index (χ4n) is 2.51. The van der Waals surface area contributed by atoms with Crippen molar-refractivity contribution >= 4 is 35.0 Å². The molecular formula is C19H20N4O4S2. The molecule has 0 saturated carbocycles. The van der Waals surface area contributed by atoms with Crippen LogP contribution in [0.5, 0.6) is 0 Å². The van der Waals surface area contributed by atoms with Crippen LogP contribution >= 0.6 is 23.1 Å². The van der Waals surface area contributed by atoms with Crippen LogP contribution in [0.3, 0.4) is 0 Å². The first-order chi connectivity index (χ1) is 14.0. The molecular weight excluding hydrogens is 412 g/mol. The third kappa shape index (κ3) is 6.41. The molecule has 10 heteroatoms. The van der Waals surface area contributed by atoms with Gasteiger partial charge >= 0.3 is 5.97 Å². The molecule has 0 bridgehead atoms. The number of nitrogens with zero attached hydrogens (tertiary/aromatic N) is 3. The number of amides is 1. The standard InChI is InChI=1S/C19H20N4O4S2/c1-28-18-7-6-16(29-18)8-20-19(26)14-4-2-13(3-5-14)9-23-10-15(21-22-23)11-27-12-17(24)25/h2-7,10H,8-9,11-12H2,1H3,(H,20,26)(H,24,25). The molecule has 0 fully saturated rings. The first-order valence-corrected chi connectivity index (χ1v) is 10.8. The van der Waals surface area contributed by atoms with Gasteiger partial charge in [0.2, 0.25) is 0 Å². The fraction of sp³-hybridized carbons (Fsp3) is 0.263. The fourth-order valence-corrected chi connectivity index (χ4v) is 4.04. The molecule has 0 aliphatic carbocycles. The molecule has 1 amide bonds. The van der Waals surface area contributed by atoms with Gasteiger partial charge < -0.3 is 15.2 Å². The summed E-state index contributed by atoms with van der Waals surface area (Å²) in [5.41, 5.74) is 2.12. The van der Waals surface area contributed by atoms with E-state index in [9.17, 15) is 9.59 Å². The van der Waals surface area contributed by atoms with Crippen LogP contribution in [0.2, 0.25) is 0 Å². The number of thiophene rings is 1. The van der Waals surface area contributed by atoms with Gasteiger partial charge in [-0.3, -0.25) is 4.79 Å². The maximum Gasteiger partial charge on any atom is 0.329 e. The molecule has 2 aromatic heterocycles. The molecule has 3 rings (SSSR count). The zero-order chi connectivity index (χ0) is 20.6. The number of aliphatic carboxylic acids is 1. The Morgan fingerprint density at radius 3 is 2.72 bits per heavy atom. The van der Waals surface area contributed by atoms with E-state index in [0.717, 1.165) is 10.4 Å². The van der Waals surface area contributed by atoms with E-state index in [1.807, 2.05) is 24.5 Å². The molecule has 0 saturated heterocycles. The predicted octanol–water partition coefficient (Wildman–Crippen LogP) is 2.64. The van der Waals surface area contributed by atoms with Crippen molar-refractivity contribution in [1.82, 2.24) is 20.3 Å². The lowest BCUT2D eigenvalue weighted by molar-refractivity contribution is -0.142. The smallest absolute Gasteiger partial charge is 0.329 e. The third-order valence-corrected chi connectivity index (χ3v) is 6.05. The second-order valence-electron chi connectivity index (χ2n) is 6.10. The molecule has 2 heterocycles. The lowest BCUT2D eigenvalue weighted by atomic mass is 10.1. The van der Waals surface area contributed by atoms with Gasteiger partial charge in [0.25, 0.3) is 5.91 Å². The number of carbonyl (C=O) groups excluding carboxylic acids is 1. The van der Waals surface area contributed by atoms with Crippen molar-refractivity contribution in [2.75, 3.05) is 12.9 Å². The van der Waals surface area contributed by atoms with Gasteiger partial charge in [-0.25, -0.2) is 9.48 Å². The molecule has 2 N–H and O–H groups in total. The second-order valence-corrected chi connectivity index (χ2v) is 8.37. The summed E-state index contributed by atoms with van der Waals surface area (Å²) in [5.74, 6) is -1.14. The van der Waals surface area contributed by atoms with Crippen molar-refractivity contribution in [2.45, 2.75) is 23.9 Å². The second kappa shape index (κ2) is 10.2. The summed E-state index contributed by atoms with van der Waals surface area (Å²) in [5, 5.41) is 19.4. The first kappa shape index (κ1) is 21.0. The Morgan fingerprint density at radius 2 is 2.03 bits per heavy atom. The minimum Gasteiger partial charge on any atom is -0.480 e. The summed E-state index contributed by atoms with van der Waals surface area (Å²) in [7, 11) is 0. The van der Waals surface area contributed by atoms with Crippen LogP contribution in [-0.2, 0) is 29.2 Å². The molecule has 0 atom stereocenters. The highest BCUT2D eigenvalue weighted by Gasteiger charge is 2.08. The molecule has 3 aromatic rings. The number of benzene rings is 1. The summed E-state index contributed by atoms with van der Waals surface area (Å²) >= 11 is 3.37. The number of hydrogen-bond donors (Lipinski definition) is 2. The molecule has 0 aliphatic rings. The quantitative estimate of drug-likeness (QED) is 0.474. The van der Waals surface area contributed by atoms with Gasteiger partial charge in [0.1, 0.15) is 12.3 Å². The average molecular weight is 433 g/mol. The van der Waals surface area contributed by atoms with Crippen molar-refractivity contribution in [2.24, 2.45) is 0 Å². The first-order valence-electron chi connectivity index (χ1n) is 8.72. The third-order valence-electron chi connectivity index (χ3n) is 3.88. The Labute approximate surface area is 175 Å². The highest BCUT2D eigenvalue weighted by molar-refractivity contribution is 8.00. The number of thioether (sulfide) groups is 1. The number of rotatable bonds is 10. The minimum absolute atomic E-state index is 0.0914. The maximum atomic E-state index is 12.3. The van der Waals surface area contributed by atoms with Crippen LogP contribution < -0.4 is 5.32 Å². The highest BCUT2D eigenvalue weighted by atomic mass is 32.2. The molecule has 0 aliphatic heterocycles. The highest BCUT2D eigenvalue weighted by Crippen LogP contribution is 2.24. The summed E-state index contributed by atoms with van der Waals surface area (Å²) in [6, 6.07) is 11.4. The number of nitrogens with one attached hydrogen (secondary N) is 1. The molecule has 29 heavy (non-hydrogen) atoms. The van der Waals surface area contributed by atoms with E-state index in [-0.39, 0.29) is 19.1 Å².